The predicted molar refractivity (Wildman–Crippen MR) is 51.1 cm³/mol. The van der Waals surface area contributed by atoms with Crippen LogP contribution in [0, 0.1) is 5.92 Å². The number of nitrogens with one attached hydrogen (secondary N) is 1. The van der Waals surface area contributed by atoms with Crippen LogP contribution in [-0.2, 0) is 4.79 Å². The Kier molecular flexibility index (Phi) is 2.54. The Balaban J connectivity index is 1.90. The molecule has 0 saturated heterocycles. The van der Waals surface area contributed by atoms with Crippen LogP contribution in [0.2, 0.25) is 0 Å². The summed E-state index contributed by atoms with van der Waals surface area (Å²) in [5.74, 6) is 0.358. The molecule has 2 aliphatic rings. The van der Waals surface area contributed by atoms with E-state index in [1.807, 2.05) is 0 Å². The van der Waals surface area contributed by atoms with Gasteiger partial charge in [0.05, 0.1) is 6.04 Å². The van der Waals surface area contributed by atoms with E-state index in [2.05, 4.69) is 5.32 Å². The van der Waals surface area contributed by atoms with Crippen molar-refractivity contribution in [2.45, 2.75) is 50.6 Å². The summed E-state index contributed by atoms with van der Waals surface area (Å²) in [6.45, 7) is 0. The number of amides is 1. The first-order chi connectivity index (χ1) is 6.27. The van der Waals surface area contributed by atoms with E-state index in [0.29, 0.717) is 12.0 Å². The monoisotopic (exact) mass is 182 g/mol. The predicted octanol–water partition coefficient (Wildman–Crippen LogP) is 0.782. The number of carbonyl (C=O) groups is 1. The normalized spacial score (nSPS) is 26.2. The van der Waals surface area contributed by atoms with E-state index in [4.69, 9.17) is 5.73 Å². The summed E-state index contributed by atoms with van der Waals surface area (Å²) < 4.78 is 0. The van der Waals surface area contributed by atoms with Crippen molar-refractivity contribution < 1.29 is 4.79 Å². The van der Waals surface area contributed by atoms with Crippen molar-refractivity contribution >= 4 is 5.91 Å². The van der Waals surface area contributed by atoms with Gasteiger partial charge in [-0.15, -0.1) is 0 Å². The Morgan fingerprint density at radius 1 is 1.23 bits per heavy atom. The topological polar surface area (TPSA) is 55.1 Å². The van der Waals surface area contributed by atoms with E-state index < -0.39 is 0 Å². The van der Waals surface area contributed by atoms with Gasteiger partial charge in [0.15, 0.2) is 0 Å². The SMILES string of the molecule is NC(=O)C(NC1CC1)C1CCCC1. The van der Waals surface area contributed by atoms with Crippen molar-refractivity contribution in [1.29, 1.82) is 0 Å². The van der Waals surface area contributed by atoms with Gasteiger partial charge >= 0.3 is 0 Å². The van der Waals surface area contributed by atoms with E-state index in [1.165, 1.54) is 38.5 Å². The van der Waals surface area contributed by atoms with Crippen molar-refractivity contribution in [2.75, 3.05) is 0 Å². The van der Waals surface area contributed by atoms with Crippen molar-refractivity contribution in [2.24, 2.45) is 11.7 Å². The molecule has 0 spiro atoms. The lowest BCUT2D eigenvalue weighted by atomic mass is 9.97. The van der Waals surface area contributed by atoms with E-state index in [1.54, 1.807) is 0 Å². The maximum atomic E-state index is 11.2. The summed E-state index contributed by atoms with van der Waals surface area (Å²) in [5.41, 5.74) is 5.39. The van der Waals surface area contributed by atoms with E-state index in [0.717, 1.165) is 0 Å². The van der Waals surface area contributed by atoms with Crippen molar-refractivity contribution in [3.63, 3.8) is 0 Å². The fourth-order valence-electron chi connectivity index (χ4n) is 2.25. The lowest BCUT2D eigenvalue weighted by Crippen LogP contribution is -2.46. The molecule has 0 aromatic heterocycles. The molecule has 1 atom stereocenters. The van der Waals surface area contributed by atoms with Crippen molar-refractivity contribution in [3.8, 4) is 0 Å². The van der Waals surface area contributed by atoms with Crippen LogP contribution >= 0.6 is 0 Å². The van der Waals surface area contributed by atoms with E-state index in [-0.39, 0.29) is 11.9 Å². The number of carbonyl (C=O) groups excluding carboxylic acids is 1. The second-order valence-corrected chi connectivity index (χ2v) is 4.37. The Morgan fingerprint density at radius 3 is 2.31 bits per heavy atom. The second kappa shape index (κ2) is 3.66. The smallest absolute Gasteiger partial charge is 0.234 e. The maximum Gasteiger partial charge on any atom is 0.234 e. The number of hydrogen-bond donors (Lipinski definition) is 2. The highest BCUT2D eigenvalue weighted by Crippen LogP contribution is 2.30. The first-order valence-corrected chi connectivity index (χ1v) is 5.33. The minimum atomic E-state index is -0.154. The summed E-state index contributed by atoms with van der Waals surface area (Å²) in [7, 11) is 0. The van der Waals surface area contributed by atoms with Gasteiger partial charge in [-0.1, -0.05) is 12.8 Å². The van der Waals surface area contributed by atoms with Gasteiger partial charge in [0.1, 0.15) is 0 Å². The van der Waals surface area contributed by atoms with Crippen LogP contribution in [0.4, 0.5) is 0 Å². The van der Waals surface area contributed by atoms with Crippen LogP contribution in [0.1, 0.15) is 38.5 Å². The zero-order valence-electron chi connectivity index (χ0n) is 7.96. The highest BCUT2D eigenvalue weighted by molar-refractivity contribution is 5.80. The first kappa shape index (κ1) is 9.00. The van der Waals surface area contributed by atoms with Gasteiger partial charge in [-0.2, -0.15) is 0 Å². The Labute approximate surface area is 79.1 Å². The molecule has 1 unspecified atom stereocenters. The van der Waals surface area contributed by atoms with Crippen molar-refractivity contribution in [3.05, 3.63) is 0 Å². The number of primary amides is 1. The molecule has 13 heavy (non-hydrogen) atoms. The molecule has 0 radical (unpaired) electrons. The summed E-state index contributed by atoms with van der Waals surface area (Å²) in [4.78, 5) is 11.2. The molecule has 0 bridgehead atoms. The van der Waals surface area contributed by atoms with Crippen LogP contribution in [0.3, 0.4) is 0 Å². The van der Waals surface area contributed by atoms with Gasteiger partial charge in [0, 0.05) is 6.04 Å². The Bertz CT molecular complexity index is 195. The standard InChI is InChI=1S/C10H18N2O/c11-10(13)9(12-8-5-6-8)7-3-1-2-4-7/h7-9,12H,1-6H2,(H2,11,13). The minimum Gasteiger partial charge on any atom is -0.368 e. The van der Waals surface area contributed by atoms with Crippen LogP contribution < -0.4 is 11.1 Å². The molecule has 3 N–H and O–H groups in total. The van der Waals surface area contributed by atoms with E-state index >= 15 is 0 Å². The average molecular weight is 182 g/mol. The lowest BCUT2D eigenvalue weighted by Gasteiger charge is -2.21. The highest BCUT2D eigenvalue weighted by Gasteiger charge is 2.33. The maximum absolute atomic E-state index is 11.2. The fourth-order valence-corrected chi connectivity index (χ4v) is 2.25. The van der Waals surface area contributed by atoms with Crippen LogP contribution in [0.15, 0.2) is 0 Å². The molecule has 3 heteroatoms. The molecule has 3 nitrogen and oxygen atoms in total. The molecule has 0 aromatic carbocycles. The number of nitrogens with two attached hydrogens (primary N) is 1. The van der Waals surface area contributed by atoms with Gasteiger partial charge in [-0.3, -0.25) is 4.79 Å². The lowest BCUT2D eigenvalue weighted by molar-refractivity contribution is -0.121. The molecular formula is C10H18N2O. The second-order valence-electron chi connectivity index (χ2n) is 4.37. The van der Waals surface area contributed by atoms with E-state index in [9.17, 15) is 4.79 Å². The molecule has 0 aliphatic heterocycles. The van der Waals surface area contributed by atoms with Crippen molar-refractivity contribution in [1.82, 2.24) is 5.32 Å². The molecule has 74 valence electrons. The average Bonchev–Trinajstić information content (AvgIpc) is 2.75. The molecule has 2 aliphatic carbocycles. The third-order valence-corrected chi connectivity index (χ3v) is 3.17. The molecule has 0 aromatic rings. The zero-order chi connectivity index (χ0) is 9.26. The molecular weight excluding hydrogens is 164 g/mol. The van der Waals surface area contributed by atoms with Gasteiger partial charge in [-0.05, 0) is 31.6 Å². The molecule has 1 amide bonds. The molecule has 2 saturated carbocycles. The Morgan fingerprint density at radius 2 is 1.85 bits per heavy atom. The van der Waals surface area contributed by atoms with Crippen LogP contribution in [-0.4, -0.2) is 18.0 Å². The van der Waals surface area contributed by atoms with Gasteiger partial charge in [0.2, 0.25) is 5.91 Å². The molecule has 2 rings (SSSR count). The van der Waals surface area contributed by atoms with Crippen LogP contribution in [0.25, 0.3) is 0 Å². The summed E-state index contributed by atoms with van der Waals surface area (Å²) in [5, 5.41) is 3.36. The first-order valence-electron chi connectivity index (χ1n) is 5.33. The highest BCUT2D eigenvalue weighted by atomic mass is 16.1. The minimum absolute atomic E-state index is 0.0463. The number of rotatable bonds is 4. The number of hydrogen-bond acceptors (Lipinski definition) is 2. The van der Waals surface area contributed by atoms with Gasteiger partial charge in [0.25, 0.3) is 0 Å². The Hall–Kier alpha value is -0.570. The summed E-state index contributed by atoms with van der Waals surface area (Å²) >= 11 is 0. The van der Waals surface area contributed by atoms with Gasteiger partial charge < -0.3 is 11.1 Å². The summed E-state index contributed by atoms with van der Waals surface area (Å²) in [6.07, 6.45) is 7.31. The third-order valence-electron chi connectivity index (χ3n) is 3.17. The summed E-state index contributed by atoms with van der Waals surface area (Å²) in [6, 6.07) is 0.535. The fraction of sp³-hybridized carbons (Fsp3) is 0.900. The molecule has 2 fully saturated rings. The third kappa shape index (κ3) is 2.21. The van der Waals surface area contributed by atoms with Gasteiger partial charge in [-0.25, -0.2) is 0 Å². The largest absolute Gasteiger partial charge is 0.368 e. The quantitative estimate of drug-likeness (QED) is 0.675. The molecule has 0 heterocycles. The van der Waals surface area contributed by atoms with Crippen LogP contribution in [0.5, 0.6) is 0 Å². The zero-order valence-corrected chi connectivity index (χ0v) is 7.96.